The summed E-state index contributed by atoms with van der Waals surface area (Å²) in [5.41, 5.74) is 0.989. The van der Waals surface area contributed by atoms with Crippen LogP contribution in [0.3, 0.4) is 0 Å². The molecule has 0 aliphatic heterocycles. The molecule has 0 spiro atoms. The first-order valence-corrected chi connectivity index (χ1v) is 6.81. The number of hydrogen-bond acceptors (Lipinski definition) is 1. The lowest BCUT2D eigenvalue weighted by molar-refractivity contribution is 0.481. The second-order valence-electron chi connectivity index (χ2n) is 4.69. The molecule has 0 atom stereocenters. The molecule has 1 heterocycles. The van der Waals surface area contributed by atoms with Gasteiger partial charge in [-0.25, -0.2) is 0 Å². The largest absolute Gasteiger partial charge is 0.275 e. The summed E-state index contributed by atoms with van der Waals surface area (Å²) in [4.78, 5) is 12.0. The Morgan fingerprint density at radius 1 is 1.05 bits per heavy atom. The number of rotatable bonds is 3. The van der Waals surface area contributed by atoms with E-state index in [9.17, 15) is 9.18 Å². The van der Waals surface area contributed by atoms with E-state index >= 15 is 0 Å². The lowest BCUT2D eigenvalue weighted by Gasteiger charge is -2.04. The Labute approximate surface area is 125 Å². The maximum absolute atomic E-state index is 14.5. The molecule has 0 saturated carbocycles. The van der Waals surface area contributed by atoms with E-state index in [1.165, 1.54) is 4.68 Å². The summed E-state index contributed by atoms with van der Waals surface area (Å²) in [6.45, 7) is 0.273. The summed E-state index contributed by atoms with van der Waals surface area (Å²) in [6.07, 6.45) is 0. The van der Waals surface area contributed by atoms with Crippen LogP contribution < -0.4 is 5.56 Å². The van der Waals surface area contributed by atoms with Gasteiger partial charge in [0, 0.05) is 5.02 Å². The van der Waals surface area contributed by atoms with Crippen LogP contribution in [-0.2, 0) is 6.54 Å². The number of nitrogens with zero attached hydrogens (tertiary/aromatic N) is 1. The number of H-pyrrole nitrogens is 1. The lowest BCUT2D eigenvalue weighted by atomic mass is 10.1. The molecular formula is C16H12ClFN2O. The van der Waals surface area contributed by atoms with Crippen molar-refractivity contribution in [1.82, 2.24) is 9.78 Å². The summed E-state index contributed by atoms with van der Waals surface area (Å²) in [5, 5.41) is 3.07. The van der Waals surface area contributed by atoms with Gasteiger partial charge in [-0.1, -0.05) is 54.1 Å². The van der Waals surface area contributed by atoms with Gasteiger partial charge in [-0.05, 0) is 23.3 Å². The molecule has 0 aliphatic rings. The molecule has 3 nitrogen and oxygen atoms in total. The fourth-order valence-corrected chi connectivity index (χ4v) is 2.32. The van der Waals surface area contributed by atoms with Crippen molar-refractivity contribution in [3.63, 3.8) is 0 Å². The normalized spacial score (nSPS) is 10.8. The first-order chi connectivity index (χ1) is 10.1. The molecule has 1 aromatic heterocycles. The Kier molecular flexibility index (Phi) is 3.62. The van der Waals surface area contributed by atoms with Crippen LogP contribution in [0.2, 0.25) is 5.02 Å². The van der Waals surface area contributed by atoms with E-state index in [2.05, 4.69) is 5.10 Å². The maximum atomic E-state index is 14.5. The predicted molar refractivity (Wildman–Crippen MR) is 81.0 cm³/mol. The van der Waals surface area contributed by atoms with E-state index in [-0.39, 0.29) is 12.1 Å². The molecule has 3 aromatic rings. The molecule has 0 bridgehead atoms. The maximum Gasteiger partial charge on any atom is 0.275 e. The molecule has 106 valence electrons. The van der Waals surface area contributed by atoms with E-state index in [1.807, 2.05) is 30.3 Å². The van der Waals surface area contributed by atoms with Gasteiger partial charge in [-0.3, -0.25) is 14.6 Å². The van der Waals surface area contributed by atoms with Crippen LogP contribution in [0.4, 0.5) is 4.39 Å². The summed E-state index contributed by atoms with van der Waals surface area (Å²) in [5.74, 6) is -0.578. The lowest BCUT2D eigenvalue weighted by Crippen LogP contribution is -2.08. The molecule has 21 heavy (non-hydrogen) atoms. The first kappa shape index (κ1) is 13.6. The Balaban J connectivity index is 2.01. The average Bonchev–Trinajstić information content (AvgIpc) is 2.76. The summed E-state index contributed by atoms with van der Waals surface area (Å²) < 4.78 is 15.7. The highest BCUT2D eigenvalue weighted by atomic mass is 35.5. The highest BCUT2D eigenvalue weighted by Crippen LogP contribution is 2.21. The summed E-state index contributed by atoms with van der Waals surface area (Å²) in [7, 11) is 0. The average molecular weight is 303 g/mol. The third-order valence-electron chi connectivity index (χ3n) is 3.22. The smallest absolute Gasteiger partial charge is 0.267 e. The van der Waals surface area contributed by atoms with Crippen LogP contribution in [0.15, 0.2) is 59.4 Å². The zero-order chi connectivity index (χ0) is 14.8. The molecule has 1 N–H and O–H groups in total. The Morgan fingerprint density at radius 3 is 2.38 bits per heavy atom. The Morgan fingerprint density at radius 2 is 1.71 bits per heavy atom. The number of aromatic nitrogens is 2. The molecule has 0 unspecified atom stereocenters. The van der Waals surface area contributed by atoms with Crippen molar-refractivity contribution in [3.05, 3.63) is 81.5 Å². The van der Waals surface area contributed by atoms with Crippen molar-refractivity contribution in [3.8, 4) is 11.1 Å². The highest BCUT2D eigenvalue weighted by Gasteiger charge is 2.16. The van der Waals surface area contributed by atoms with Crippen molar-refractivity contribution < 1.29 is 4.39 Å². The number of aromatic amines is 1. The van der Waals surface area contributed by atoms with Crippen LogP contribution in [0, 0.1) is 5.95 Å². The van der Waals surface area contributed by atoms with Gasteiger partial charge in [0.25, 0.3) is 5.56 Å². The van der Waals surface area contributed by atoms with Gasteiger partial charge in [0.15, 0.2) is 0 Å². The topological polar surface area (TPSA) is 37.8 Å². The summed E-state index contributed by atoms with van der Waals surface area (Å²) >= 11 is 5.81. The zero-order valence-corrected chi connectivity index (χ0v) is 11.8. The van der Waals surface area contributed by atoms with E-state index in [0.29, 0.717) is 10.6 Å². The van der Waals surface area contributed by atoms with Crippen LogP contribution in [0.1, 0.15) is 5.56 Å². The quantitative estimate of drug-likeness (QED) is 0.787. The Hall–Kier alpha value is -2.33. The van der Waals surface area contributed by atoms with Gasteiger partial charge in [0.2, 0.25) is 5.95 Å². The van der Waals surface area contributed by atoms with E-state index in [0.717, 1.165) is 5.56 Å². The fourth-order valence-electron chi connectivity index (χ4n) is 2.20. The number of halogens is 2. The van der Waals surface area contributed by atoms with Gasteiger partial charge in [-0.15, -0.1) is 0 Å². The third kappa shape index (κ3) is 2.76. The molecule has 2 aromatic carbocycles. The van der Waals surface area contributed by atoms with Gasteiger partial charge in [-0.2, -0.15) is 4.39 Å². The molecule has 0 fully saturated rings. The van der Waals surface area contributed by atoms with Crippen LogP contribution in [0.25, 0.3) is 11.1 Å². The van der Waals surface area contributed by atoms with E-state index < -0.39 is 11.5 Å². The molecule has 3 rings (SSSR count). The minimum absolute atomic E-state index is 0.0302. The van der Waals surface area contributed by atoms with Crippen LogP contribution >= 0.6 is 11.6 Å². The second kappa shape index (κ2) is 5.58. The van der Waals surface area contributed by atoms with E-state index in [4.69, 9.17) is 11.6 Å². The number of benzene rings is 2. The van der Waals surface area contributed by atoms with Crippen LogP contribution in [-0.4, -0.2) is 9.78 Å². The van der Waals surface area contributed by atoms with Gasteiger partial charge in [0.1, 0.15) is 5.56 Å². The van der Waals surface area contributed by atoms with E-state index in [1.54, 1.807) is 24.3 Å². The highest BCUT2D eigenvalue weighted by molar-refractivity contribution is 6.30. The van der Waals surface area contributed by atoms with Crippen molar-refractivity contribution in [1.29, 1.82) is 0 Å². The molecule has 0 radical (unpaired) electrons. The van der Waals surface area contributed by atoms with Crippen molar-refractivity contribution >= 4 is 11.6 Å². The van der Waals surface area contributed by atoms with Crippen molar-refractivity contribution in [2.24, 2.45) is 0 Å². The van der Waals surface area contributed by atoms with Crippen molar-refractivity contribution in [2.75, 3.05) is 0 Å². The van der Waals surface area contributed by atoms with Gasteiger partial charge in [0.05, 0.1) is 6.54 Å². The monoisotopic (exact) mass is 302 g/mol. The van der Waals surface area contributed by atoms with Crippen molar-refractivity contribution in [2.45, 2.75) is 6.54 Å². The molecule has 0 aliphatic carbocycles. The SMILES string of the molecule is O=c1[nH]n(Cc2ccccc2)c(F)c1-c1ccc(Cl)cc1. The zero-order valence-electron chi connectivity index (χ0n) is 11.0. The first-order valence-electron chi connectivity index (χ1n) is 6.43. The van der Waals surface area contributed by atoms with Gasteiger partial charge < -0.3 is 0 Å². The molecular weight excluding hydrogens is 291 g/mol. The van der Waals surface area contributed by atoms with Crippen LogP contribution in [0.5, 0.6) is 0 Å². The predicted octanol–water partition coefficient (Wildman–Crippen LogP) is 3.68. The Bertz CT molecular complexity index is 807. The second-order valence-corrected chi connectivity index (χ2v) is 5.12. The fraction of sp³-hybridized carbons (Fsp3) is 0.0625. The summed E-state index contributed by atoms with van der Waals surface area (Å²) in [6, 6.07) is 15.9. The minimum Gasteiger partial charge on any atom is -0.267 e. The molecule has 0 amide bonds. The molecule has 5 heteroatoms. The standard InChI is InChI=1S/C16H12ClFN2O/c17-13-8-6-12(7-9-13)14-15(18)20(19-16(14)21)10-11-4-2-1-3-5-11/h1-9H,10H2,(H,19,21). The van der Waals surface area contributed by atoms with Gasteiger partial charge >= 0.3 is 0 Å². The third-order valence-corrected chi connectivity index (χ3v) is 3.48. The minimum atomic E-state index is -0.578. The number of nitrogens with one attached hydrogen (secondary N) is 1. The molecule has 0 saturated heterocycles. The number of hydrogen-bond donors (Lipinski definition) is 1.